The van der Waals surface area contributed by atoms with E-state index >= 15 is 0 Å². The lowest BCUT2D eigenvalue weighted by atomic mass is 9.75. The molecule has 3 heteroatoms. The third-order valence-electron chi connectivity index (χ3n) is 4.95. The first-order chi connectivity index (χ1) is 11.4. The van der Waals surface area contributed by atoms with E-state index in [-0.39, 0.29) is 18.2 Å². The maximum Gasteiger partial charge on any atom is 0.340 e. The summed E-state index contributed by atoms with van der Waals surface area (Å²) in [4.78, 5) is 12.9. The van der Waals surface area contributed by atoms with Gasteiger partial charge in [0.05, 0.1) is 6.10 Å². The van der Waals surface area contributed by atoms with Crippen molar-refractivity contribution in [2.75, 3.05) is 0 Å². The Hall–Kier alpha value is -1.35. The Morgan fingerprint density at radius 2 is 1.75 bits per heavy atom. The van der Waals surface area contributed by atoms with Gasteiger partial charge in [0, 0.05) is 0 Å². The molecule has 3 nitrogen and oxygen atoms in total. The van der Waals surface area contributed by atoms with Crippen LogP contribution in [0.15, 0.2) is 30.3 Å². The van der Waals surface area contributed by atoms with Gasteiger partial charge in [0.1, 0.15) is 6.10 Å². The summed E-state index contributed by atoms with van der Waals surface area (Å²) in [5, 5.41) is 0. The zero-order valence-corrected chi connectivity index (χ0v) is 15.7. The number of esters is 1. The maximum absolute atomic E-state index is 12.9. The van der Waals surface area contributed by atoms with E-state index in [4.69, 9.17) is 9.47 Å². The molecule has 2 rings (SSSR count). The molecule has 0 heterocycles. The van der Waals surface area contributed by atoms with Gasteiger partial charge >= 0.3 is 5.97 Å². The summed E-state index contributed by atoms with van der Waals surface area (Å²) in [6, 6.07) is 9.66. The molecular weight excluding hydrogens is 300 g/mol. The van der Waals surface area contributed by atoms with Gasteiger partial charge in [0.15, 0.2) is 6.10 Å². The molecule has 0 unspecified atom stereocenters. The first kappa shape index (κ1) is 19.0. The molecule has 134 valence electrons. The van der Waals surface area contributed by atoms with Crippen LogP contribution in [0.1, 0.15) is 65.5 Å². The zero-order chi connectivity index (χ0) is 17.7. The van der Waals surface area contributed by atoms with Crippen LogP contribution in [0.4, 0.5) is 0 Å². The minimum absolute atomic E-state index is 0.00299. The Labute approximate surface area is 146 Å². The fourth-order valence-electron chi connectivity index (χ4n) is 3.63. The van der Waals surface area contributed by atoms with Crippen molar-refractivity contribution in [3.63, 3.8) is 0 Å². The lowest BCUT2D eigenvalue weighted by Crippen LogP contribution is -2.37. The van der Waals surface area contributed by atoms with E-state index in [0.29, 0.717) is 17.8 Å². The molecular formula is C21H32O3. The van der Waals surface area contributed by atoms with Crippen molar-refractivity contribution >= 4 is 5.97 Å². The highest BCUT2D eigenvalue weighted by Crippen LogP contribution is 2.36. The van der Waals surface area contributed by atoms with Gasteiger partial charge in [0.25, 0.3) is 0 Å². The van der Waals surface area contributed by atoms with Crippen LogP contribution in [-0.4, -0.2) is 18.2 Å². The van der Waals surface area contributed by atoms with Crippen molar-refractivity contribution in [3.05, 3.63) is 35.9 Å². The topological polar surface area (TPSA) is 35.5 Å². The molecule has 0 radical (unpaired) electrons. The highest BCUT2D eigenvalue weighted by molar-refractivity contribution is 5.76. The van der Waals surface area contributed by atoms with E-state index in [1.807, 2.05) is 44.2 Å². The molecule has 1 aliphatic carbocycles. The van der Waals surface area contributed by atoms with Gasteiger partial charge in [-0.3, -0.25) is 0 Å². The largest absolute Gasteiger partial charge is 0.460 e. The third-order valence-corrected chi connectivity index (χ3v) is 4.95. The Kier molecular flexibility index (Phi) is 6.85. The summed E-state index contributed by atoms with van der Waals surface area (Å²) < 4.78 is 11.9. The Morgan fingerprint density at radius 3 is 2.33 bits per heavy atom. The van der Waals surface area contributed by atoms with Gasteiger partial charge in [-0.1, -0.05) is 57.5 Å². The molecule has 0 spiro atoms. The number of ether oxygens (including phenoxy) is 2. The molecule has 1 saturated carbocycles. The van der Waals surface area contributed by atoms with Gasteiger partial charge in [-0.25, -0.2) is 4.79 Å². The zero-order valence-electron chi connectivity index (χ0n) is 15.7. The number of rotatable bonds is 6. The Balaban J connectivity index is 2.13. The lowest BCUT2D eigenvalue weighted by molar-refractivity contribution is -0.172. The molecule has 1 aliphatic rings. The number of hydrogen-bond acceptors (Lipinski definition) is 3. The monoisotopic (exact) mass is 332 g/mol. The van der Waals surface area contributed by atoms with Crippen molar-refractivity contribution in [1.29, 1.82) is 0 Å². The van der Waals surface area contributed by atoms with Crippen molar-refractivity contribution in [2.24, 2.45) is 17.8 Å². The molecule has 1 fully saturated rings. The van der Waals surface area contributed by atoms with Crippen LogP contribution in [0.25, 0.3) is 0 Å². The number of carbonyl (C=O) groups excluding carboxylic acids is 1. The molecule has 4 atom stereocenters. The second-order valence-electron chi connectivity index (χ2n) is 7.78. The molecule has 0 aliphatic heterocycles. The van der Waals surface area contributed by atoms with Crippen LogP contribution in [0.2, 0.25) is 0 Å². The second kappa shape index (κ2) is 8.66. The van der Waals surface area contributed by atoms with Crippen molar-refractivity contribution in [2.45, 2.75) is 72.2 Å². The van der Waals surface area contributed by atoms with Gasteiger partial charge in [-0.2, -0.15) is 0 Å². The van der Waals surface area contributed by atoms with E-state index in [9.17, 15) is 4.79 Å². The fraction of sp³-hybridized carbons (Fsp3) is 0.667. The van der Waals surface area contributed by atoms with Crippen LogP contribution in [0, 0.1) is 17.8 Å². The lowest BCUT2D eigenvalue weighted by Gasteiger charge is -2.37. The van der Waals surface area contributed by atoms with Gasteiger partial charge < -0.3 is 9.47 Å². The summed E-state index contributed by atoms with van der Waals surface area (Å²) in [5.41, 5.74) is 0.862. The minimum Gasteiger partial charge on any atom is -0.460 e. The second-order valence-corrected chi connectivity index (χ2v) is 7.78. The van der Waals surface area contributed by atoms with Crippen molar-refractivity contribution in [1.82, 2.24) is 0 Å². The van der Waals surface area contributed by atoms with Gasteiger partial charge in [-0.15, -0.1) is 0 Å². The third kappa shape index (κ3) is 5.07. The first-order valence-corrected chi connectivity index (χ1v) is 9.29. The average molecular weight is 332 g/mol. The molecule has 24 heavy (non-hydrogen) atoms. The smallest absolute Gasteiger partial charge is 0.340 e. The summed E-state index contributed by atoms with van der Waals surface area (Å²) in [6.45, 7) is 10.6. The van der Waals surface area contributed by atoms with E-state index in [1.165, 1.54) is 6.42 Å². The molecule has 0 aromatic heterocycles. The van der Waals surface area contributed by atoms with E-state index in [1.54, 1.807) is 0 Å². The highest BCUT2D eigenvalue weighted by atomic mass is 16.6. The van der Waals surface area contributed by atoms with E-state index in [0.717, 1.165) is 18.4 Å². The van der Waals surface area contributed by atoms with Crippen LogP contribution in [0.5, 0.6) is 0 Å². The van der Waals surface area contributed by atoms with E-state index in [2.05, 4.69) is 20.8 Å². The van der Waals surface area contributed by atoms with Crippen LogP contribution in [0.3, 0.4) is 0 Å². The molecule has 1 aromatic rings. The normalized spacial score (nSPS) is 25.7. The quantitative estimate of drug-likeness (QED) is 0.675. The summed E-state index contributed by atoms with van der Waals surface area (Å²) in [6.07, 6.45) is 2.64. The van der Waals surface area contributed by atoms with Gasteiger partial charge in [-0.05, 0) is 50.0 Å². The molecule has 0 bridgehead atoms. The number of carbonyl (C=O) groups is 1. The molecule has 0 N–H and O–H groups in total. The van der Waals surface area contributed by atoms with Crippen LogP contribution in [-0.2, 0) is 14.3 Å². The van der Waals surface area contributed by atoms with Crippen molar-refractivity contribution in [3.8, 4) is 0 Å². The average Bonchev–Trinajstić information content (AvgIpc) is 2.53. The Morgan fingerprint density at radius 1 is 1.08 bits per heavy atom. The standard InChI is InChI=1S/C21H32O3/c1-14(2)18-12-11-16(5)13-19(18)24-21(22)20(23-15(3)4)17-9-7-6-8-10-17/h6-10,14-16,18-20H,11-13H2,1-5H3/t16-,18+,19-,20-/m1/s1. The SMILES string of the molecule is CC(C)O[C@@H](C(=O)O[C@@H]1C[C@H](C)CC[C@H]1C(C)C)c1ccccc1. The van der Waals surface area contributed by atoms with Gasteiger partial charge in [0.2, 0.25) is 0 Å². The summed E-state index contributed by atoms with van der Waals surface area (Å²) in [5.74, 6) is 1.33. The highest BCUT2D eigenvalue weighted by Gasteiger charge is 2.35. The predicted octanol–water partition coefficient (Wildman–Crippen LogP) is 5.16. The fourth-order valence-corrected chi connectivity index (χ4v) is 3.63. The van der Waals surface area contributed by atoms with Crippen molar-refractivity contribution < 1.29 is 14.3 Å². The minimum atomic E-state index is -0.642. The van der Waals surface area contributed by atoms with E-state index < -0.39 is 6.10 Å². The predicted molar refractivity (Wildman–Crippen MR) is 96.6 cm³/mol. The first-order valence-electron chi connectivity index (χ1n) is 9.29. The molecule has 0 saturated heterocycles. The maximum atomic E-state index is 12.9. The number of hydrogen-bond donors (Lipinski definition) is 0. The Bertz CT molecular complexity index is 509. The number of benzene rings is 1. The molecule has 1 aromatic carbocycles. The molecule has 0 amide bonds. The van der Waals surface area contributed by atoms with Crippen LogP contribution < -0.4 is 0 Å². The summed E-state index contributed by atoms with van der Waals surface area (Å²) >= 11 is 0. The summed E-state index contributed by atoms with van der Waals surface area (Å²) in [7, 11) is 0. The van der Waals surface area contributed by atoms with Crippen LogP contribution >= 0.6 is 0 Å².